The van der Waals surface area contributed by atoms with E-state index in [1.807, 2.05) is 0 Å². The molecular formula is C11H20O6. The van der Waals surface area contributed by atoms with Gasteiger partial charge in [0.1, 0.15) is 17.8 Å². The predicted molar refractivity (Wildman–Crippen MR) is 57.2 cm³/mol. The van der Waals surface area contributed by atoms with Gasteiger partial charge in [-0.2, -0.15) is 0 Å². The summed E-state index contributed by atoms with van der Waals surface area (Å²) in [5.41, 5.74) is -1.19. The molecule has 0 spiro atoms. The van der Waals surface area contributed by atoms with Crippen LogP contribution in [-0.2, 0) is 18.9 Å². The average molecular weight is 248 g/mol. The number of fused-ring (bicyclic) bond motifs is 1. The number of aliphatic hydroxyl groups excluding tert-OH is 2. The lowest BCUT2D eigenvalue weighted by Gasteiger charge is -2.36. The highest BCUT2D eigenvalue weighted by Gasteiger charge is 2.63. The third-order valence-corrected chi connectivity index (χ3v) is 3.41. The maximum atomic E-state index is 9.81. The van der Waals surface area contributed by atoms with Crippen molar-refractivity contribution in [1.29, 1.82) is 0 Å². The van der Waals surface area contributed by atoms with Crippen molar-refractivity contribution in [3.8, 4) is 0 Å². The van der Waals surface area contributed by atoms with E-state index in [1.54, 1.807) is 20.8 Å². The monoisotopic (exact) mass is 248 g/mol. The number of ether oxygens (including phenoxy) is 4. The quantitative estimate of drug-likeness (QED) is 0.709. The molecule has 0 unspecified atom stereocenters. The number of rotatable bonds is 3. The van der Waals surface area contributed by atoms with Crippen molar-refractivity contribution in [2.75, 3.05) is 13.7 Å². The number of methoxy groups -OCH3 is 1. The van der Waals surface area contributed by atoms with Crippen molar-refractivity contribution in [2.24, 2.45) is 0 Å². The van der Waals surface area contributed by atoms with Crippen LogP contribution in [0, 0.1) is 0 Å². The highest BCUT2D eigenvalue weighted by atomic mass is 16.8. The van der Waals surface area contributed by atoms with Crippen molar-refractivity contribution in [1.82, 2.24) is 0 Å². The van der Waals surface area contributed by atoms with Gasteiger partial charge in [0.05, 0.1) is 12.7 Å². The molecule has 0 aromatic rings. The molecule has 0 aromatic carbocycles. The Morgan fingerprint density at radius 1 is 1.29 bits per heavy atom. The summed E-state index contributed by atoms with van der Waals surface area (Å²) in [5, 5.41) is 19.3. The minimum Gasteiger partial charge on any atom is -0.393 e. The van der Waals surface area contributed by atoms with Crippen LogP contribution in [0.2, 0.25) is 0 Å². The maximum absolute atomic E-state index is 9.81. The zero-order valence-corrected chi connectivity index (χ0v) is 10.5. The smallest absolute Gasteiger partial charge is 0.190 e. The fraction of sp³-hybridized carbons (Fsp3) is 1.00. The van der Waals surface area contributed by atoms with Crippen molar-refractivity contribution in [2.45, 2.75) is 56.8 Å². The Hall–Kier alpha value is -0.240. The molecule has 2 saturated heterocycles. The van der Waals surface area contributed by atoms with Gasteiger partial charge in [-0.05, 0) is 20.8 Å². The normalized spacial score (nSPS) is 45.9. The average Bonchev–Trinajstić information content (AvgIpc) is 2.66. The minimum absolute atomic E-state index is 0.358. The van der Waals surface area contributed by atoms with Crippen LogP contribution in [0.1, 0.15) is 20.8 Å². The summed E-state index contributed by atoms with van der Waals surface area (Å²) < 4.78 is 22.2. The van der Waals surface area contributed by atoms with Crippen molar-refractivity contribution in [3.63, 3.8) is 0 Å². The van der Waals surface area contributed by atoms with Crippen molar-refractivity contribution in [3.05, 3.63) is 0 Å². The number of hydrogen-bond acceptors (Lipinski definition) is 6. The zero-order valence-electron chi connectivity index (χ0n) is 10.5. The van der Waals surface area contributed by atoms with Crippen LogP contribution in [-0.4, -0.2) is 59.9 Å². The number of aliphatic hydroxyl groups is 2. The molecule has 2 aliphatic rings. The first-order valence-corrected chi connectivity index (χ1v) is 5.71. The Balaban J connectivity index is 2.26. The van der Waals surface area contributed by atoms with E-state index in [2.05, 4.69) is 0 Å². The Kier molecular flexibility index (Phi) is 3.22. The molecule has 17 heavy (non-hydrogen) atoms. The molecule has 0 aliphatic carbocycles. The Bertz CT molecular complexity index is 292. The highest BCUT2D eigenvalue weighted by molar-refractivity contribution is 5.06. The summed E-state index contributed by atoms with van der Waals surface area (Å²) in [6.07, 6.45) is -2.54. The van der Waals surface area contributed by atoms with Gasteiger partial charge in [-0.25, -0.2) is 0 Å². The second-order valence-corrected chi connectivity index (χ2v) is 5.03. The van der Waals surface area contributed by atoms with Crippen LogP contribution >= 0.6 is 0 Å². The lowest BCUT2D eigenvalue weighted by molar-refractivity contribution is -0.266. The largest absolute Gasteiger partial charge is 0.393 e. The van der Waals surface area contributed by atoms with Crippen LogP contribution in [0.3, 0.4) is 0 Å². The molecule has 0 saturated carbocycles. The molecule has 100 valence electrons. The maximum Gasteiger partial charge on any atom is 0.190 e. The van der Waals surface area contributed by atoms with Gasteiger partial charge in [0.2, 0.25) is 0 Å². The molecule has 2 aliphatic heterocycles. The van der Waals surface area contributed by atoms with E-state index in [0.717, 1.165) is 0 Å². The fourth-order valence-electron chi connectivity index (χ4n) is 2.54. The van der Waals surface area contributed by atoms with Crippen LogP contribution < -0.4 is 0 Å². The van der Waals surface area contributed by atoms with Gasteiger partial charge in [0, 0.05) is 7.11 Å². The lowest BCUT2D eigenvalue weighted by atomic mass is 9.91. The van der Waals surface area contributed by atoms with Gasteiger partial charge < -0.3 is 29.2 Å². The summed E-state index contributed by atoms with van der Waals surface area (Å²) in [7, 11) is 1.50. The highest BCUT2D eigenvalue weighted by Crippen LogP contribution is 2.44. The lowest BCUT2D eigenvalue weighted by Crippen LogP contribution is -2.55. The molecule has 0 amide bonds. The van der Waals surface area contributed by atoms with Gasteiger partial charge >= 0.3 is 0 Å². The van der Waals surface area contributed by atoms with E-state index in [9.17, 15) is 10.2 Å². The molecule has 6 nitrogen and oxygen atoms in total. The zero-order chi connectivity index (χ0) is 12.8. The van der Waals surface area contributed by atoms with Crippen LogP contribution in [0.4, 0.5) is 0 Å². The van der Waals surface area contributed by atoms with Gasteiger partial charge in [-0.3, -0.25) is 0 Å². The summed E-state index contributed by atoms with van der Waals surface area (Å²) in [4.78, 5) is 0. The SMILES string of the molecule is CO[C@H]1[C@H]2OC(C)(C)O[C@H]2O[C@]1(CO)[C@@H](C)O. The van der Waals surface area contributed by atoms with Gasteiger partial charge in [0.25, 0.3) is 0 Å². The van der Waals surface area contributed by atoms with Crippen LogP contribution in [0.25, 0.3) is 0 Å². The van der Waals surface area contributed by atoms with Gasteiger partial charge in [0.15, 0.2) is 12.1 Å². The van der Waals surface area contributed by atoms with E-state index in [0.29, 0.717) is 0 Å². The van der Waals surface area contributed by atoms with E-state index in [4.69, 9.17) is 18.9 Å². The third-order valence-electron chi connectivity index (χ3n) is 3.41. The first kappa shape index (κ1) is 13.2. The molecule has 6 heteroatoms. The molecule has 0 bridgehead atoms. The first-order chi connectivity index (χ1) is 7.86. The van der Waals surface area contributed by atoms with E-state index in [1.165, 1.54) is 7.11 Å². The standard InChI is InChI=1S/C11H20O6/c1-6(13)11(5-12)8(14-4)7-9(17-11)16-10(2,3)15-7/h6-9,12-13H,5H2,1-4H3/t6-,7-,8+,9+,11-/m1/s1. The second-order valence-electron chi connectivity index (χ2n) is 5.03. The summed E-state index contributed by atoms with van der Waals surface area (Å²) in [6.45, 7) is 4.76. The molecule has 0 radical (unpaired) electrons. The molecule has 5 atom stereocenters. The van der Waals surface area contributed by atoms with Crippen molar-refractivity contribution < 1.29 is 29.2 Å². The minimum atomic E-state index is -1.19. The first-order valence-electron chi connectivity index (χ1n) is 5.71. The molecule has 0 aromatic heterocycles. The summed E-state index contributed by atoms with van der Waals surface area (Å²) in [6, 6.07) is 0. The Morgan fingerprint density at radius 3 is 2.41 bits per heavy atom. The van der Waals surface area contributed by atoms with E-state index in [-0.39, 0.29) is 6.61 Å². The molecule has 2 fully saturated rings. The molecule has 2 rings (SSSR count). The Morgan fingerprint density at radius 2 is 1.94 bits per heavy atom. The second kappa shape index (κ2) is 4.15. The fourth-order valence-corrected chi connectivity index (χ4v) is 2.54. The molecule has 2 heterocycles. The predicted octanol–water partition coefficient (Wildman–Crippen LogP) is -0.379. The topological polar surface area (TPSA) is 77.4 Å². The Labute approximate surface area is 100 Å². The number of hydrogen-bond donors (Lipinski definition) is 2. The van der Waals surface area contributed by atoms with E-state index >= 15 is 0 Å². The molecule has 2 N–H and O–H groups in total. The summed E-state index contributed by atoms with van der Waals surface area (Å²) >= 11 is 0. The van der Waals surface area contributed by atoms with Gasteiger partial charge in [-0.15, -0.1) is 0 Å². The third kappa shape index (κ3) is 1.89. The van der Waals surface area contributed by atoms with E-state index < -0.39 is 36.0 Å². The van der Waals surface area contributed by atoms with Crippen molar-refractivity contribution >= 4 is 0 Å². The van der Waals surface area contributed by atoms with Crippen LogP contribution in [0.5, 0.6) is 0 Å². The molecular weight excluding hydrogens is 228 g/mol. The summed E-state index contributed by atoms with van der Waals surface area (Å²) in [5.74, 6) is -0.744. The van der Waals surface area contributed by atoms with Gasteiger partial charge in [-0.1, -0.05) is 0 Å². The van der Waals surface area contributed by atoms with Crippen LogP contribution in [0.15, 0.2) is 0 Å².